The summed E-state index contributed by atoms with van der Waals surface area (Å²) in [6, 6.07) is 5.78. The minimum atomic E-state index is -0.789. The fourth-order valence-electron chi connectivity index (χ4n) is 2.49. The van der Waals surface area contributed by atoms with Gasteiger partial charge < -0.3 is 14.6 Å². The minimum absolute atomic E-state index is 0.0292. The fourth-order valence-corrected chi connectivity index (χ4v) is 2.49. The molecule has 0 aliphatic heterocycles. The Morgan fingerprint density at radius 1 is 1.33 bits per heavy atom. The van der Waals surface area contributed by atoms with Gasteiger partial charge in [0.1, 0.15) is 0 Å². The molecule has 1 saturated carbocycles. The number of benzene rings is 1. The van der Waals surface area contributed by atoms with E-state index >= 15 is 0 Å². The summed E-state index contributed by atoms with van der Waals surface area (Å²) in [5.74, 6) is 1.21. The predicted octanol–water partition coefficient (Wildman–Crippen LogP) is 2.56. The third-order valence-electron chi connectivity index (χ3n) is 3.97. The molecule has 0 bridgehead atoms. The van der Waals surface area contributed by atoms with Gasteiger partial charge in [0, 0.05) is 12.6 Å². The van der Waals surface area contributed by atoms with E-state index in [1.807, 2.05) is 30.0 Å². The van der Waals surface area contributed by atoms with Crippen molar-refractivity contribution in [3.8, 4) is 11.5 Å². The van der Waals surface area contributed by atoms with Gasteiger partial charge in [-0.3, -0.25) is 9.69 Å². The summed E-state index contributed by atoms with van der Waals surface area (Å²) in [7, 11) is 3.20. The van der Waals surface area contributed by atoms with Crippen molar-refractivity contribution in [2.24, 2.45) is 5.92 Å². The van der Waals surface area contributed by atoms with Crippen molar-refractivity contribution >= 4 is 5.97 Å². The molecule has 1 aliphatic rings. The summed E-state index contributed by atoms with van der Waals surface area (Å²) in [5.41, 5.74) is 1.04. The molecule has 1 N–H and O–H groups in total. The molecule has 0 amide bonds. The van der Waals surface area contributed by atoms with Gasteiger partial charge in [-0.2, -0.15) is 0 Å². The molecule has 0 saturated heterocycles. The molecule has 5 nitrogen and oxygen atoms in total. The van der Waals surface area contributed by atoms with Gasteiger partial charge in [-0.25, -0.2) is 0 Å². The first-order valence-corrected chi connectivity index (χ1v) is 7.23. The van der Waals surface area contributed by atoms with Crippen molar-refractivity contribution in [2.45, 2.75) is 25.8 Å². The molecule has 1 aliphatic carbocycles. The lowest BCUT2D eigenvalue weighted by atomic mass is 10.1. The highest BCUT2D eigenvalue weighted by Crippen LogP contribution is 2.35. The normalized spacial score (nSPS) is 15.8. The highest BCUT2D eigenvalue weighted by molar-refractivity contribution is 5.69. The van der Waals surface area contributed by atoms with Crippen molar-refractivity contribution in [2.75, 3.05) is 27.3 Å². The number of nitrogens with zero attached hydrogens (tertiary/aromatic N) is 1. The molecule has 2 rings (SSSR count). The van der Waals surface area contributed by atoms with E-state index < -0.39 is 5.97 Å². The number of hydrogen-bond donors (Lipinski definition) is 1. The van der Waals surface area contributed by atoms with Crippen LogP contribution in [0, 0.1) is 5.92 Å². The van der Waals surface area contributed by atoms with E-state index in [2.05, 4.69) is 0 Å². The van der Waals surface area contributed by atoms with E-state index in [0.717, 1.165) is 12.1 Å². The largest absolute Gasteiger partial charge is 0.493 e. The molecule has 5 heteroatoms. The molecule has 0 heterocycles. The second-order valence-corrected chi connectivity index (χ2v) is 5.56. The van der Waals surface area contributed by atoms with Gasteiger partial charge in [0.25, 0.3) is 0 Å². The Bertz CT molecular complexity index is 499. The first kappa shape index (κ1) is 15.6. The highest BCUT2D eigenvalue weighted by atomic mass is 16.5. The van der Waals surface area contributed by atoms with Crippen LogP contribution in [0.2, 0.25) is 0 Å². The van der Waals surface area contributed by atoms with E-state index in [9.17, 15) is 4.79 Å². The summed E-state index contributed by atoms with van der Waals surface area (Å²) in [5, 5.41) is 9.11. The van der Waals surface area contributed by atoms with Crippen molar-refractivity contribution in [1.29, 1.82) is 0 Å². The number of ether oxygens (including phenoxy) is 2. The fraction of sp³-hybridized carbons (Fsp3) is 0.562. The van der Waals surface area contributed by atoms with Gasteiger partial charge in [0.15, 0.2) is 11.5 Å². The number of carboxylic acid groups (broad SMARTS) is 1. The van der Waals surface area contributed by atoms with Crippen LogP contribution in [-0.2, 0) is 4.79 Å². The highest BCUT2D eigenvalue weighted by Gasteiger charge is 2.28. The summed E-state index contributed by atoms with van der Waals surface area (Å²) in [6.45, 7) is 2.93. The number of carboxylic acids is 1. The molecule has 1 fully saturated rings. The van der Waals surface area contributed by atoms with Gasteiger partial charge in [0.05, 0.1) is 20.8 Å². The maximum absolute atomic E-state index is 11.1. The van der Waals surface area contributed by atoms with E-state index in [-0.39, 0.29) is 12.6 Å². The van der Waals surface area contributed by atoms with E-state index in [4.69, 9.17) is 14.6 Å². The molecular formula is C16H23NO4. The summed E-state index contributed by atoms with van der Waals surface area (Å²) < 4.78 is 10.6. The molecule has 1 aromatic carbocycles. The Morgan fingerprint density at radius 2 is 2.00 bits per heavy atom. The SMILES string of the molecule is COc1ccc(C(C)N(CC(=O)O)CC2CC2)cc1OC. The summed E-state index contributed by atoms with van der Waals surface area (Å²) in [4.78, 5) is 13.1. The van der Waals surface area contributed by atoms with Crippen LogP contribution >= 0.6 is 0 Å². The van der Waals surface area contributed by atoms with Crippen molar-refractivity contribution in [1.82, 2.24) is 4.90 Å². The van der Waals surface area contributed by atoms with E-state index in [0.29, 0.717) is 17.4 Å². The summed E-state index contributed by atoms with van der Waals surface area (Å²) >= 11 is 0. The quantitative estimate of drug-likeness (QED) is 0.798. The van der Waals surface area contributed by atoms with Crippen LogP contribution in [0.15, 0.2) is 18.2 Å². The van der Waals surface area contributed by atoms with Crippen LogP contribution in [0.25, 0.3) is 0 Å². The standard InChI is InChI=1S/C16H23NO4/c1-11(17(10-16(18)19)9-12-4-5-12)13-6-7-14(20-2)15(8-13)21-3/h6-8,11-12H,4-5,9-10H2,1-3H3,(H,18,19). The molecule has 0 radical (unpaired) electrons. The topological polar surface area (TPSA) is 59.0 Å². The number of aliphatic carboxylic acids is 1. The smallest absolute Gasteiger partial charge is 0.317 e. The Morgan fingerprint density at radius 3 is 2.52 bits per heavy atom. The van der Waals surface area contributed by atoms with Crippen LogP contribution in [-0.4, -0.2) is 43.3 Å². The van der Waals surface area contributed by atoms with Crippen LogP contribution < -0.4 is 9.47 Å². The van der Waals surface area contributed by atoms with Crippen molar-refractivity contribution in [3.05, 3.63) is 23.8 Å². The number of hydrogen-bond acceptors (Lipinski definition) is 4. The summed E-state index contributed by atoms with van der Waals surface area (Å²) in [6.07, 6.45) is 2.41. The van der Waals surface area contributed by atoms with Crippen molar-refractivity contribution in [3.63, 3.8) is 0 Å². The number of methoxy groups -OCH3 is 2. The number of rotatable bonds is 8. The average molecular weight is 293 g/mol. The van der Waals surface area contributed by atoms with Gasteiger partial charge in [-0.15, -0.1) is 0 Å². The zero-order valence-corrected chi connectivity index (χ0v) is 12.8. The minimum Gasteiger partial charge on any atom is -0.493 e. The lowest BCUT2D eigenvalue weighted by Gasteiger charge is -2.28. The van der Waals surface area contributed by atoms with Gasteiger partial charge in [-0.05, 0) is 43.4 Å². The second kappa shape index (κ2) is 6.80. The predicted molar refractivity (Wildman–Crippen MR) is 79.9 cm³/mol. The third-order valence-corrected chi connectivity index (χ3v) is 3.97. The Balaban J connectivity index is 2.17. The monoisotopic (exact) mass is 293 g/mol. The Kier molecular flexibility index (Phi) is 5.07. The van der Waals surface area contributed by atoms with E-state index in [1.165, 1.54) is 12.8 Å². The molecule has 1 aromatic rings. The third kappa shape index (κ3) is 4.11. The van der Waals surface area contributed by atoms with Crippen molar-refractivity contribution < 1.29 is 19.4 Å². The lowest BCUT2D eigenvalue weighted by molar-refractivity contribution is -0.139. The zero-order chi connectivity index (χ0) is 15.4. The van der Waals surface area contributed by atoms with Crippen LogP contribution in [0.3, 0.4) is 0 Å². The van der Waals surface area contributed by atoms with Gasteiger partial charge in [0.2, 0.25) is 0 Å². The molecule has 0 aromatic heterocycles. The molecule has 0 spiro atoms. The molecular weight excluding hydrogens is 270 g/mol. The molecule has 1 atom stereocenters. The zero-order valence-electron chi connectivity index (χ0n) is 12.8. The van der Waals surface area contributed by atoms with Crippen LogP contribution in [0.4, 0.5) is 0 Å². The first-order valence-electron chi connectivity index (χ1n) is 7.23. The Labute approximate surface area is 125 Å². The second-order valence-electron chi connectivity index (χ2n) is 5.56. The first-order chi connectivity index (χ1) is 10.0. The lowest BCUT2D eigenvalue weighted by Crippen LogP contribution is -2.34. The van der Waals surface area contributed by atoms with E-state index in [1.54, 1.807) is 14.2 Å². The Hall–Kier alpha value is -1.75. The van der Waals surface area contributed by atoms with Gasteiger partial charge >= 0.3 is 5.97 Å². The maximum Gasteiger partial charge on any atom is 0.317 e. The van der Waals surface area contributed by atoms with Crippen LogP contribution in [0.5, 0.6) is 11.5 Å². The molecule has 116 valence electrons. The van der Waals surface area contributed by atoms with Gasteiger partial charge in [-0.1, -0.05) is 6.07 Å². The average Bonchev–Trinajstić information content (AvgIpc) is 3.28. The molecule has 21 heavy (non-hydrogen) atoms. The molecule has 1 unspecified atom stereocenters. The number of carbonyl (C=O) groups is 1. The maximum atomic E-state index is 11.1. The van der Waals surface area contributed by atoms with Crippen LogP contribution in [0.1, 0.15) is 31.4 Å².